The molecule has 0 spiro atoms. The van der Waals surface area contributed by atoms with Gasteiger partial charge in [0.15, 0.2) is 5.69 Å². The molecule has 1 heterocycles. The summed E-state index contributed by atoms with van der Waals surface area (Å²) in [5.74, 6) is -1.08. The number of carbonyl (C=O) groups is 1. The highest BCUT2D eigenvalue weighted by molar-refractivity contribution is 5.88. The van der Waals surface area contributed by atoms with E-state index in [1.807, 2.05) is 0 Å². The average Bonchev–Trinajstić information content (AvgIpc) is 2.54. The molecule has 126 valence electrons. The zero-order valence-electron chi connectivity index (χ0n) is 12.7. The lowest BCUT2D eigenvalue weighted by molar-refractivity contribution is -0.137. The highest BCUT2D eigenvalue weighted by Gasteiger charge is 2.30. The zero-order valence-corrected chi connectivity index (χ0v) is 12.7. The summed E-state index contributed by atoms with van der Waals surface area (Å²) in [6.45, 7) is 0. The first-order chi connectivity index (χ1) is 11.4. The molecule has 3 rings (SSSR count). The van der Waals surface area contributed by atoms with Gasteiger partial charge in [-0.15, -0.1) is 0 Å². The minimum Gasteiger partial charge on any atom is -0.477 e. The topological polar surface area (TPSA) is 62.2 Å². The Kier molecular flexibility index (Phi) is 4.17. The number of aromatic carboxylic acids is 1. The van der Waals surface area contributed by atoms with Crippen molar-refractivity contribution < 1.29 is 23.1 Å². The molecular weight excluding hydrogens is 321 g/mol. The van der Waals surface area contributed by atoms with Crippen LogP contribution in [0.4, 0.5) is 24.5 Å². The molecule has 0 bridgehead atoms. The highest BCUT2D eigenvalue weighted by Crippen LogP contribution is 2.34. The van der Waals surface area contributed by atoms with Gasteiger partial charge in [0.2, 0.25) is 0 Å². The molecule has 24 heavy (non-hydrogen) atoms. The van der Waals surface area contributed by atoms with Crippen molar-refractivity contribution in [3.05, 3.63) is 52.8 Å². The quantitative estimate of drug-likeness (QED) is 0.871. The molecule has 7 heteroatoms. The summed E-state index contributed by atoms with van der Waals surface area (Å²) in [5, 5.41) is 12.2. The lowest BCUT2D eigenvalue weighted by Crippen LogP contribution is -2.14. The number of pyridine rings is 1. The fourth-order valence-corrected chi connectivity index (χ4v) is 2.97. The van der Waals surface area contributed by atoms with E-state index >= 15 is 0 Å². The van der Waals surface area contributed by atoms with Gasteiger partial charge in [0.25, 0.3) is 0 Å². The Morgan fingerprint density at radius 3 is 2.54 bits per heavy atom. The van der Waals surface area contributed by atoms with Gasteiger partial charge < -0.3 is 10.4 Å². The molecule has 2 aromatic rings. The second kappa shape index (κ2) is 6.14. The van der Waals surface area contributed by atoms with Crippen LogP contribution in [0.5, 0.6) is 0 Å². The molecule has 0 unspecified atom stereocenters. The lowest BCUT2D eigenvalue weighted by atomic mass is 9.89. The van der Waals surface area contributed by atoms with Gasteiger partial charge in [-0.1, -0.05) is 6.07 Å². The molecule has 1 aromatic carbocycles. The number of nitrogens with one attached hydrogen (secondary N) is 1. The Balaban J connectivity index is 1.98. The SMILES string of the molecule is O=C(O)c1ncc(Nc2cccc(C(F)(F)F)c2)c2c1CCCC2. The molecule has 0 fully saturated rings. The number of alkyl halides is 3. The molecule has 4 nitrogen and oxygen atoms in total. The van der Waals surface area contributed by atoms with E-state index in [1.54, 1.807) is 0 Å². The highest BCUT2D eigenvalue weighted by atomic mass is 19.4. The van der Waals surface area contributed by atoms with Crippen LogP contribution in [0.25, 0.3) is 0 Å². The summed E-state index contributed by atoms with van der Waals surface area (Å²) in [6, 6.07) is 4.90. The van der Waals surface area contributed by atoms with Crippen molar-refractivity contribution in [2.75, 3.05) is 5.32 Å². The molecule has 0 saturated heterocycles. The van der Waals surface area contributed by atoms with Crippen LogP contribution in [0.3, 0.4) is 0 Å². The second-order valence-electron chi connectivity index (χ2n) is 5.69. The number of carboxylic acids is 1. The van der Waals surface area contributed by atoms with Crippen molar-refractivity contribution >= 4 is 17.3 Å². The van der Waals surface area contributed by atoms with Crippen molar-refractivity contribution in [1.82, 2.24) is 4.98 Å². The number of hydrogen-bond donors (Lipinski definition) is 2. The number of nitrogens with zero attached hydrogens (tertiary/aromatic N) is 1. The molecule has 1 aromatic heterocycles. The molecule has 0 aliphatic heterocycles. The van der Waals surface area contributed by atoms with Gasteiger partial charge >= 0.3 is 12.1 Å². The van der Waals surface area contributed by atoms with Crippen molar-refractivity contribution in [2.45, 2.75) is 31.9 Å². The largest absolute Gasteiger partial charge is 0.477 e. The summed E-state index contributed by atoms with van der Waals surface area (Å²) in [7, 11) is 0. The third-order valence-electron chi connectivity index (χ3n) is 4.07. The maximum Gasteiger partial charge on any atom is 0.416 e. The summed E-state index contributed by atoms with van der Waals surface area (Å²) >= 11 is 0. The van der Waals surface area contributed by atoms with E-state index in [1.165, 1.54) is 18.3 Å². The first-order valence-electron chi connectivity index (χ1n) is 7.54. The third-order valence-corrected chi connectivity index (χ3v) is 4.07. The van der Waals surface area contributed by atoms with E-state index in [-0.39, 0.29) is 5.69 Å². The minimum atomic E-state index is -4.41. The molecule has 2 N–H and O–H groups in total. The van der Waals surface area contributed by atoms with Crippen LogP contribution in [-0.2, 0) is 19.0 Å². The summed E-state index contributed by atoms with van der Waals surface area (Å²) in [4.78, 5) is 15.3. The maximum atomic E-state index is 12.8. The Morgan fingerprint density at radius 2 is 1.88 bits per heavy atom. The van der Waals surface area contributed by atoms with E-state index in [0.717, 1.165) is 30.5 Å². The van der Waals surface area contributed by atoms with Crippen LogP contribution >= 0.6 is 0 Å². The van der Waals surface area contributed by atoms with Crippen LogP contribution in [0.2, 0.25) is 0 Å². The van der Waals surface area contributed by atoms with Crippen molar-refractivity contribution in [3.63, 3.8) is 0 Å². The van der Waals surface area contributed by atoms with Crippen LogP contribution in [0.1, 0.15) is 40.0 Å². The van der Waals surface area contributed by atoms with E-state index < -0.39 is 17.7 Å². The predicted molar refractivity (Wildman–Crippen MR) is 82.6 cm³/mol. The smallest absolute Gasteiger partial charge is 0.416 e. The Bertz CT molecular complexity index is 788. The first kappa shape index (κ1) is 16.3. The van der Waals surface area contributed by atoms with Gasteiger partial charge in [-0.05, 0) is 55.0 Å². The monoisotopic (exact) mass is 336 g/mol. The molecule has 1 aliphatic rings. The number of benzene rings is 1. The fourth-order valence-electron chi connectivity index (χ4n) is 2.97. The van der Waals surface area contributed by atoms with Crippen LogP contribution in [0.15, 0.2) is 30.5 Å². The number of halogens is 3. The number of fused-ring (bicyclic) bond motifs is 1. The van der Waals surface area contributed by atoms with E-state index in [0.29, 0.717) is 29.8 Å². The van der Waals surface area contributed by atoms with Gasteiger partial charge in [0.1, 0.15) is 0 Å². The van der Waals surface area contributed by atoms with Crippen LogP contribution in [0, 0.1) is 0 Å². The number of aromatic nitrogens is 1. The molecule has 0 atom stereocenters. The Labute approximate surface area is 136 Å². The minimum absolute atomic E-state index is 0.0271. The Hall–Kier alpha value is -2.57. The average molecular weight is 336 g/mol. The molecular formula is C17H15F3N2O2. The van der Waals surface area contributed by atoms with E-state index in [9.17, 15) is 23.1 Å². The summed E-state index contributed by atoms with van der Waals surface area (Å²) in [6.07, 6.45) is 0.0488. The maximum absolute atomic E-state index is 12.8. The summed E-state index contributed by atoms with van der Waals surface area (Å²) < 4.78 is 38.4. The van der Waals surface area contributed by atoms with Gasteiger partial charge in [-0.25, -0.2) is 9.78 Å². The van der Waals surface area contributed by atoms with Crippen LogP contribution < -0.4 is 5.32 Å². The lowest BCUT2D eigenvalue weighted by Gasteiger charge is -2.21. The van der Waals surface area contributed by atoms with Crippen LogP contribution in [-0.4, -0.2) is 16.1 Å². The van der Waals surface area contributed by atoms with Crippen molar-refractivity contribution in [3.8, 4) is 0 Å². The van der Waals surface area contributed by atoms with Gasteiger partial charge in [0, 0.05) is 5.69 Å². The van der Waals surface area contributed by atoms with Crippen molar-refractivity contribution in [1.29, 1.82) is 0 Å². The third kappa shape index (κ3) is 3.20. The molecule has 0 radical (unpaired) electrons. The number of carboxylic acid groups (broad SMARTS) is 1. The standard InChI is InChI=1S/C17H15F3N2O2/c18-17(19,20)10-4-3-5-11(8-10)22-14-9-21-15(16(23)24)13-7-2-1-6-12(13)14/h3-5,8-9,22H,1-2,6-7H2,(H,23,24). The number of anilines is 2. The summed E-state index contributed by atoms with van der Waals surface area (Å²) in [5.41, 5.74) is 1.64. The van der Waals surface area contributed by atoms with Gasteiger partial charge in [0.05, 0.1) is 17.4 Å². The molecule has 1 aliphatic carbocycles. The molecule has 0 amide bonds. The second-order valence-corrected chi connectivity index (χ2v) is 5.69. The first-order valence-corrected chi connectivity index (χ1v) is 7.54. The van der Waals surface area contributed by atoms with E-state index in [4.69, 9.17) is 0 Å². The zero-order chi connectivity index (χ0) is 17.3. The normalized spacial score (nSPS) is 14.1. The number of hydrogen-bond acceptors (Lipinski definition) is 3. The Morgan fingerprint density at radius 1 is 1.17 bits per heavy atom. The van der Waals surface area contributed by atoms with Gasteiger partial charge in [-0.2, -0.15) is 13.2 Å². The van der Waals surface area contributed by atoms with E-state index in [2.05, 4.69) is 10.3 Å². The number of rotatable bonds is 3. The van der Waals surface area contributed by atoms with Gasteiger partial charge in [-0.3, -0.25) is 0 Å². The predicted octanol–water partition coefficient (Wildman–Crippen LogP) is 4.42. The molecule has 0 saturated carbocycles. The van der Waals surface area contributed by atoms with Crippen molar-refractivity contribution in [2.24, 2.45) is 0 Å². The fraction of sp³-hybridized carbons (Fsp3) is 0.294.